The van der Waals surface area contributed by atoms with Gasteiger partial charge in [0, 0.05) is 19.6 Å². The number of likely N-dealkylation sites (tertiary alicyclic amines) is 1. The molecule has 2 N–H and O–H groups in total. The second-order valence-corrected chi connectivity index (χ2v) is 7.98. The Labute approximate surface area is 202 Å². The molecule has 4 rings (SSSR count). The summed E-state index contributed by atoms with van der Waals surface area (Å²) in [7, 11) is 0. The van der Waals surface area contributed by atoms with Gasteiger partial charge in [-0.05, 0) is 42.9 Å². The van der Waals surface area contributed by atoms with E-state index in [1.165, 1.54) is 17.0 Å². The Bertz CT molecular complexity index is 881. The molecule has 1 saturated carbocycles. The number of alkyl halides is 2. The van der Waals surface area contributed by atoms with E-state index in [9.17, 15) is 18.4 Å². The molecule has 1 aromatic carbocycles. The summed E-state index contributed by atoms with van der Waals surface area (Å²) in [6, 6.07) is 6.38. The topological polar surface area (TPSA) is 83.0 Å². The van der Waals surface area contributed by atoms with Crippen molar-refractivity contribution < 1.29 is 23.1 Å². The zero-order chi connectivity index (χ0) is 22.0. The number of amides is 2. The van der Waals surface area contributed by atoms with Crippen molar-refractivity contribution in [1.82, 2.24) is 15.5 Å². The number of ether oxygens (including phenoxy) is 1. The molecule has 174 valence electrons. The van der Waals surface area contributed by atoms with Crippen LogP contribution >= 0.6 is 24.0 Å². The van der Waals surface area contributed by atoms with Crippen molar-refractivity contribution in [3.8, 4) is 5.75 Å². The lowest BCUT2D eigenvalue weighted by molar-refractivity contribution is -0.140. The second-order valence-electron chi connectivity index (χ2n) is 7.98. The molecule has 4 atom stereocenters. The van der Waals surface area contributed by atoms with Crippen LogP contribution < -0.4 is 15.4 Å². The predicted octanol–water partition coefficient (Wildman–Crippen LogP) is 2.77. The first kappa shape index (κ1) is 24.4. The van der Waals surface area contributed by atoms with Gasteiger partial charge in [-0.15, -0.1) is 24.0 Å². The Morgan fingerprint density at radius 1 is 1.19 bits per heavy atom. The van der Waals surface area contributed by atoms with Crippen molar-refractivity contribution in [2.45, 2.75) is 26.5 Å². The second kappa shape index (κ2) is 10.6. The van der Waals surface area contributed by atoms with E-state index in [4.69, 9.17) is 0 Å². The minimum Gasteiger partial charge on any atom is -0.435 e. The number of halogens is 3. The molecule has 1 aromatic rings. The fourth-order valence-corrected chi connectivity index (χ4v) is 4.80. The van der Waals surface area contributed by atoms with E-state index in [1.807, 2.05) is 6.92 Å². The van der Waals surface area contributed by atoms with E-state index in [1.54, 1.807) is 12.1 Å². The van der Waals surface area contributed by atoms with Crippen molar-refractivity contribution in [2.75, 3.05) is 19.6 Å². The summed E-state index contributed by atoms with van der Waals surface area (Å²) in [5.74, 6) is 0.503. The number of benzene rings is 1. The van der Waals surface area contributed by atoms with Gasteiger partial charge in [0.25, 0.3) is 0 Å². The highest BCUT2D eigenvalue weighted by Gasteiger charge is 2.58. The van der Waals surface area contributed by atoms with E-state index in [-0.39, 0.29) is 78.3 Å². The zero-order valence-electron chi connectivity index (χ0n) is 17.7. The van der Waals surface area contributed by atoms with Gasteiger partial charge in [0.2, 0.25) is 11.8 Å². The number of carbonyl (C=O) groups is 2. The minimum absolute atomic E-state index is 0. The largest absolute Gasteiger partial charge is 0.435 e. The Kier molecular flexibility index (Phi) is 8.07. The van der Waals surface area contributed by atoms with Gasteiger partial charge in [0.15, 0.2) is 5.96 Å². The average molecular weight is 560 g/mol. The van der Waals surface area contributed by atoms with Crippen LogP contribution in [-0.2, 0) is 16.1 Å². The third-order valence-electron chi connectivity index (χ3n) is 6.08. The molecule has 2 aliphatic carbocycles. The van der Waals surface area contributed by atoms with Gasteiger partial charge in [-0.1, -0.05) is 24.3 Å². The normalized spacial score (nSPS) is 25.9. The third-order valence-corrected chi connectivity index (χ3v) is 6.08. The molecular weight excluding hydrogens is 533 g/mol. The lowest BCUT2D eigenvalue weighted by Crippen LogP contribution is -2.43. The van der Waals surface area contributed by atoms with Crippen LogP contribution in [0.1, 0.15) is 18.9 Å². The molecule has 1 aliphatic heterocycles. The number of rotatable bonds is 8. The van der Waals surface area contributed by atoms with Gasteiger partial charge in [-0.2, -0.15) is 8.78 Å². The third kappa shape index (κ3) is 5.05. The lowest BCUT2D eigenvalue weighted by atomic mass is 9.85. The van der Waals surface area contributed by atoms with Gasteiger partial charge in [0.1, 0.15) is 5.75 Å². The summed E-state index contributed by atoms with van der Waals surface area (Å²) in [5.41, 5.74) is 0.719. The van der Waals surface area contributed by atoms with Gasteiger partial charge >= 0.3 is 6.61 Å². The fraction of sp³-hybridized carbons (Fsp3) is 0.500. The Hall–Kier alpha value is -2.24. The molecule has 0 spiro atoms. The van der Waals surface area contributed by atoms with E-state index >= 15 is 0 Å². The van der Waals surface area contributed by atoms with Gasteiger partial charge in [-0.25, -0.2) is 4.99 Å². The van der Waals surface area contributed by atoms with E-state index < -0.39 is 6.61 Å². The molecule has 0 radical (unpaired) electrons. The van der Waals surface area contributed by atoms with Crippen LogP contribution in [0.4, 0.5) is 8.78 Å². The first-order valence-corrected chi connectivity index (χ1v) is 10.6. The van der Waals surface area contributed by atoms with Crippen LogP contribution in [0.3, 0.4) is 0 Å². The van der Waals surface area contributed by atoms with Crippen LogP contribution in [-0.4, -0.2) is 48.9 Å². The quantitative estimate of drug-likeness (QED) is 0.168. The molecule has 7 nitrogen and oxygen atoms in total. The molecule has 10 heteroatoms. The van der Waals surface area contributed by atoms with Crippen LogP contribution in [0.25, 0.3) is 0 Å². The molecule has 1 heterocycles. The highest BCUT2D eigenvalue weighted by Crippen LogP contribution is 2.52. The number of allylic oxidation sites excluding steroid dienone is 2. The highest BCUT2D eigenvalue weighted by atomic mass is 127. The summed E-state index contributed by atoms with van der Waals surface area (Å²) in [6.07, 6.45) is 5.08. The predicted molar refractivity (Wildman–Crippen MR) is 126 cm³/mol. The summed E-state index contributed by atoms with van der Waals surface area (Å²) >= 11 is 0. The molecule has 2 amide bonds. The Balaban J connectivity index is 0.00000289. The number of guanidine groups is 1. The van der Waals surface area contributed by atoms with E-state index in [2.05, 4.69) is 32.5 Å². The standard InChI is InChI=1S/C22H26F2N4O3.HI/c1-2-25-22(27-12-13-4-3-5-16(10-13)31-21(23)24)26-8-9-28-19(29)17-14-6-7-15(11-14)18(17)20(28)30;/h3-7,10,14-15,17-18,21H,2,8-9,11-12H2,1H3,(H2,25,26,27);1H. The van der Waals surface area contributed by atoms with E-state index in [0.29, 0.717) is 19.0 Å². The number of imide groups is 1. The molecule has 2 fully saturated rings. The molecule has 3 aliphatic rings. The number of fused-ring (bicyclic) bond motifs is 5. The van der Waals surface area contributed by atoms with E-state index in [0.717, 1.165) is 12.0 Å². The Morgan fingerprint density at radius 3 is 2.50 bits per heavy atom. The first-order chi connectivity index (χ1) is 15.0. The maximum atomic E-state index is 12.7. The summed E-state index contributed by atoms with van der Waals surface area (Å²) in [6.45, 7) is 0.592. The van der Waals surface area contributed by atoms with Crippen molar-refractivity contribution >= 4 is 41.8 Å². The first-order valence-electron chi connectivity index (χ1n) is 10.6. The van der Waals surface area contributed by atoms with Crippen LogP contribution in [0.5, 0.6) is 5.75 Å². The summed E-state index contributed by atoms with van der Waals surface area (Å²) in [5, 5.41) is 6.24. The number of nitrogens with zero attached hydrogens (tertiary/aromatic N) is 2. The molecule has 0 aromatic heterocycles. The van der Waals surface area contributed by atoms with Crippen molar-refractivity contribution in [1.29, 1.82) is 0 Å². The maximum absolute atomic E-state index is 12.7. The Morgan fingerprint density at radius 2 is 1.88 bits per heavy atom. The van der Waals surface area contributed by atoms with Crippen molar-refractivity contribution in [2.24, 2.45) is 28.7 Å². The lowest BCUT2D eigenvalue weighted by Gasteiger charge is -2.18. The zero-order valence-corrected chi connectivity index (χ0v) is 20.0. The maximum Gasteiger partial charge on any atom is 0.387 e. The number of hydrogen-bond acceptors (Lipinski definition) is 4. The minimum atomic E-state index is -2.88. The molecule has 32 heavy (non-hydrogen) atoms. The average Bonchev–Trinajstić information content (AvgIpc) is 3.41. The molecular formula is C22H27F2IN4O3. The number of nitrogens with one attached hydrogen (secondary N) is 2. The number of carbonyl (C=O) groups excluding carboxylic acids is 2. The smallest absolute Gasteiger partial charge is 0.387 e. The van der Waals surface area contributed by atoms with Gasteiger partial charge in [0.05, 0.1) is 18.4 Å². The van der Waals surface area contributed by atoms with Crippen molar-refractivity contribution in [3.63, 3.8) is 0 Å². The van der Waals surface area contributed by atoms with Crippen LogP contribution in [0, 0.1) is 23.7 Å². The summed E-state index contributed by atoms with van der Waals surface area (Å²) < 4.78 is 29.2. The fourth-order valence-electron chi connectivity index (χ4n) is 4.80. The number of hydrogen-bond donors (Lipinski definition) is 2. The van der Waals surface area contributed by atoms with Crippen LogP contribution in [0.2, 0.25) is 0 Å². The summed E-state index contributed by atoms with van der Waals surface area (Å²) in [4.78, 5) is 31.3. The van der Waals surface area contributed by atoms with Crippen molar-refractivity contribution in [3.05, 3.63) is 42.0 Å². The highest BCUT2D eigenvalue weighted by molar-refractivity contribution is 14.0. The van der Waals surface area contributed by atoms with Gasteiger partial charge in [-0.3, -0.25) is 14.5 Å². The molecule has 2 bridgehead atoms. The van der Waals surface area contributed by atoms with Crippen LogP contribution in [0.15, 0.2) is 41.4 Å². The molecule has 4 unspecified atom stereocenters. The number of aliphatic imine (C=N–C) groups is 1. The monoisotopic (exact) mass is 560 g/mol. The SMILES string of the molecule is CCNC(=NCc1cccc(OC(F)F)c1)NCCN1C(=O)C2C3C=CC(C3)C2C1=O.I. The van der Waals surface area contributed by atoms with Gasteiger partial charge < -0.3 is 15.4 Å². The molecule has 1 saturated heterocycles.